The highest BCUT2D eigenvalue weighted by atomic mass is 16.5. The third-order valence-electron chi connectivity index (χ3n) is 6.76. The largest absolute Gasteiger partial charge is 0.461 e. The molecule has 0 saturated carbocycles. The van der Waals surface area contributed by atoms with E-state index in [1.807, 2.05) is 12.1 Å². The van der Waals surface area contributed by atoms with E-state index in [0.29, 0.717) is 18.2 Å². The maximum absolute atomic E-state index is 12.3. The molecule has 0 radical (unpaired) electrons. The Morgan fingerprint density at radius 2 is 1.15 bits per heavy atom. The van der Waals surface area contributed by atoms with Gasteiger partial charge in [-0.05, 0) is 30.9 Å². The van der Waals surface area contributed by atoms with Gasteiger partial charge in [0.25, 0.3) is 0 Å². The van der Waals surface area contributed by atoms with Crippen LogP contribution in [0, 0.1) is 5.92 Å². The van der Waals surface area contributed by atoms with E-state index in [4.69, 9.17) is 4.74 Å². The summed E-state index contributed by atoms with van der Waals surface area (Å²) in [6.45, 7) is 5.10. The number of pyridine rings is 1. The predicted molar refractivity (Wildman–Crippen MR) is 142 cm³/mol. The predicted octanol–water partition coefficient (Wildman–Crippen LogP) is 9.70. The van der Waals surface area contributed by atoms with Crippen molar-refractivity contribution < 1.29 is 9.53 Å². The Labute approximate surface area is 205 Å². The smallest absolute Gasteiger partial charge is 0.356 e. The molecule has 190 valence electrons. The van der Waals surface area contributed by atoms with Gasteiger partial charge in [-0.25, -0.2) is 9.78 Å². The minimum Gasteiger partial charge on any atom is -0.461 e. The number of nitrogens with zero attached hydrogens (tertiary/aromatic N) is 1. The molecule has 1 aromatic rings. The molecule has 0 N–H and O–H groups in total. The van der Waals surface area contributed by atoms with Crippen molar-refractivity contribution in [1.29, 1.82) is 0 Å². The van der Waals surface area contributed by atoms with Gasteiger partial charge in [0.1, 0.15) is 5.69 Å². The molecule has 0 amide bonds. The first-order valence-corrected chi connectivity index (χ1v) is 14.4. The Kier molecular flexibility index (Phi) is 20.1. The minimum atomic E-state index is -0.278. The average Bonchev–Trinajstić information content (AvgIpc) is 2.85. The van der Waals surface area contributed by atoms with Crippen LogP contribution >= 0.6 is 0 Å². The fourth-order valence-electron chi connectivity index (χ4n) is 4.55. The minimum absolute atomic E-state index is 0.278. The number of ether oxygens (including phenoxy) is 1. The lowest BCUT2D eigenvalue weighted by Gasteiger charge is -2.17. The summed E-state index contributed by atoms with van der Waals surface area (Å²) >= 11 is 0. The van der Waals surface area contributed by atoms with Crippen molar-refractivity contribution in [3.05, 3.63) is 30.1 Å². The SMILES string of the molecule is CCCCCCCCCCCCC(CCCCCCCCCC)COC(=O)c1ccccn1. The number of carbonyl (C=O) groups excluding carboxylic acids is 1. The van der Waals surface area contributed by atoms with Crippen molar-refractivity contribution in [3.8, 4) is 0 Å². The van der Waals surface area contributed by atoms with Crippen molar-refractivity contribution in [2.24, 2.45) is 5.92 Å². The number of unbranched alkanes of at least 4 members (excludes halogenated alkanes) is 16. The van der Waals surface area contributed by atoms with Crippen LogP contribution in [0.25, 0.3) is 0 Å². The van der Waals surface area contributed by atoms with E-state index in [2.05, 4.69) is 18.8 Å². The van der Waals surface area contributed by atoms with Crippen LogP contribution in [0.1, 0.15) is 153 Å². The summed E-state index contributed by atoms with van der Waals surface area (Å²) in [4.78, 5) is 16.4. The van der Waals surface area contributed by atoms with Gasteiger partial charge in [-0.2, -0.15) is 0 Å². The lowest BCUT2D eigenvalue weighted by atomic mass is 9.94. The van der Waals surface area contributed by atoms with E-state index in [0.717, 1.165) is 0 Å². The Hall–Kier alpha value is -1.38. The maximum Gasteiger partial charge on any atom is 0.356 e. The zero-order chi connectivity index (χ0) is 23.8. The van der Waals surface area contributed by atoms with Gasteiger partial charge in [0.05, 0.1) is 6.61 Å². The molecule has 3 nitrogen and oxygen atoms in total. The molecule has 0 aliphatic rings. The van der Waals surface area contributed by atoms with Gasteiger partial charge in [0.15, 0.2) is 0 Å². The van der Waals surface area contributed by atoms with Crippen molar-refractivity contribution >= 4 is 5.97 Å². The van der Waals surface area contributed by atoms with Gasteiger partial charge < -0.3 is 4.74 Å². The number of rotatable bonds is 23. The van der Waals surface area contributed by atoms with Crippen LogP contribution in [0.2, 0.25) is 0 Å². The summed E-state index contributed by atoms with van der Waals surface area (Å²) in [5.41, 5.74) is 0.419. The lowest BCUT2D eigenvalue weighted by Crippen LogP contribution is -2.15. The third kappa shape index (κ3) is 17.7. The first-order chi connectivity index (χ1) is 16.3. The zero-order valence-electron chi connectivity index (χ0n) is 22.0. The van der Waals surface area contributed by atoms with Gasteiger partial charge in [0.2, 0.25) is 0 Å². The van der Waals surface area contributed by atoms with E-state index in [1.54, 1.807) is 12.3 Å². The van der Waals surface area contributed by atoms with Crippen molar-refractivity contribution in [2.75, 3.05) is 6.61 Å². The first kappa shape index (κ1) is 29.7. The highest BCUT2D eigenvalue weighted by Crippen LogP contribution is 2.20. The fraction of sp³-hybridized carbons (Fsp3) is 0.800. The summed E-state index contributed by atoms with van der Waals surface area (Å²) in [6, 6.07) is 5.40. The molecule has 1 atom stereocenters. The van der Waals surface area contributed by atoms with Crippen LogP contribution in [0.4, 0.5) is 0 Å². The zero-order valence-corrected chi connectivity index (χ0v) is 22.0. The summed E-state index contributed by atoms with van der Waals surface area (Å²) < 4.78 is 5.65. The van der Waals surface area contributed by atoms with Crippen LogP contribution < -0.4 is 0 Å². The molecule has 1 rings (SSSR count). The molecule has 0 aromatic carbocycles. The molecule has 1 unspecified atom stereocenters. The highest BCUT2D eigenvalue weighted by Gasteiger charge is 2.14. The molecule has 33 heavy (non-hydrogen) atoms. The Bertz CT molecular complexity index is 545. The molecule has 0 saturated heterocycles. The van der Waals surface area contributed by atoms with E-state index in [1.165, 1.54) is 128 Å². The van der Waals surface area contributed by atoms with Gasteiger partial charge in [-0.3, -0.25) is 0 Å². The Balaban J connectivity index is 2.22. The monoisotopic (exact) mass is 459 g/mol. The summed E-state index contributed by atoms with van der Waals surface area (Å²) in [5, 5.41) is 0. The standard InChI is InChI=1S/C30H53NO2/c1-3-5-7-9-11-13-14-16-18-20-24-28(23-19-17-15-12-10-8-6-4-2)27-33-30(32)29-25-21-22-26-31-29/h21-22,25-26,28H,3-20,23-24,27H2,1-2H3. The normalized spacial score (nSPS) is 12.1. The molecule has 0 bridgehead atoms. The lowest BCUT2D eigenvalue weighted by molar-refractivity contribution is 0.0415. The molecule has 1 heterocycles. The number of esters is 1. The molecule has 1 aromatic heterocycles. The first-order valence-electron chi connectivity index (χ1n) is 14.4. The van der Waals surface area contributed by atoms with E-state index in [9.17, 15) is 4.79 Å². The number of aromatic nitrogens is 1. The molecule has 0 spiro atoms. The van der Waals surface area contributed by atoms with Crippen molar-refractivity contribution in [1.82, 2.24) is 4.98 Å². The van der Waals surface area contributed by atoms with E-state index < -0.39 is 0 Å². The molecule has 0 aliphatic carbocycles. The Morgan fingerprint density at radius 3 is 1.58 bits per heavy atom. The van der Waals surface area contributed by atoms with Crippen molar-refractivity contribution in [2.45, 2.75) is 142 Å². The second-order valence-electron chi connectivity index (χ2n) is 9.91. The molecular weight excluding hydrogens is 406 g/mol. The fourth-order valence-corrected chi connectivity index (χ4v) is 4.55. The summed E-state index contributed by atoms with van der Waals surface area (Å²) in [6.07, 6.45) is 28.4. The van der Waals surface area contributed by atoms with Crippen LogP contribution in [-0.4, -0.2) is 17.6 Å². The third-order valence-corrected chi connectivity index (χ3v) is 6.76. The molecule has 3 heteroatoms. The summed E-state index contributed by atoms with van der Waals surface area (Å²) in [5.74, 6) is 0.214. The number of hydrogen-bond donors (Lipinski definition) is 0. The number of hydrogen-bond acceptors (Lipinski definition) is 3. The second-order valence-corrected chi connectivity index (χ2v) is 9.91. The quantitative estimate of drug-likeness (QED) is 0.121. The van der Waals surface area contributed by atoms with Crippen LogP contribution in [-0.2, 0) is 4.74 Å². The molecule has 0 fully saturated rings. The van der Waals surface area contributed by atoms with Crippen LogP contribution in [0.15, 0.2) is 24.4 Å². The van der Waals surface area contributed by atoms with Crippen LogP contribution in [0.3, 0.4) is 0 Å². The van der Waals surface area contributed by atoms with E-state index >= 15 is 0 Å². The van der Waals surface area contributed by atoms with Gasteiger partial charge in [0, 0.05) is 6.20 Å². The van der Waals surface area contributed by atoms with Crippen molar-refractivity contribution in [3.63, 3.8) is 0 Å². The van der Waals surface area contributed by atoms with Crippen LogP contribution in [0.5, 0.6) is 0 Å². The van der Waals surface area contributed by atoms with Gasteiger partial charge >= 0.3 is 5.97 Å². The van der Waals surface area contributed by atoms with Gasteiger partial charge in [-0.1, -0.05) is 135 Å². The van der Waals surface area contributed by atoms with Gasteiger partial charge in [-0.15, -0.1) is 0 Å². The molecular formula is C30H53NO2. The maximum atomic E-state index is 12.3. The summed E-state index contributed by atoms with van der Waals surface area (Å²) in [7, 11) is 0. The second kappa shape index (κ2) is 22.4. The average molecular weight is 460 g/mol. The van der Waals surface area contributed by atoms with E-state index in [-0.39, 0.29) is 5.97 Å². The Morgan fingerprint density at radius 1 is 0.697 bits per heavy atom. The highest BCUT2D eigenvalue weighted by molar-refractivity contribution is 5.87. The molecule has 0 aliphatic heterocycles. The number of carbonyl (C=O) groups is 1. The topological polar surface area (TPSA) is 39.2 Å².